The molecule has 0 N–H and O–H groups in total. The molecule has 1 fully saturated rings. The smallest absolute Gasteiger partial charge is 0.222 e. The molecule has 9 heavy (non-hydrogen) atoms. The van der Waals surface area contributed by atoms with Gasteiger partial charge in [-0.2, -0.15) is 0 Å². The molecule has 2 heterocycles. The zero-order valence-corrected chi connectivity index (χ0v) is 4.74. The second-order valence-electron chi connectivity index (χ2n) is 2.10. The number of fused-ring (bicyclic) bond motifs is 2. The van der Waals surface area contributed by atoms with Crippen molar-refractivity contribution in [3.05, 3.63) is 12.2 Å². The summed E-state index contributed by atoms with van der Waals surface area (Å²) >= 11 is 0. The highest BCUT2D eigenvalue weighted by molar-refractivity contribution is 5.93. The quantitative estimate of drug-likeness (QED) is 0.453. The summed E-state index contributed by atoms with van der Waals surface area (Å²) in [5.41, 5.74) is 0. The van der Waals surface area contributed by atoms with Gasteiger partial charge in [-0.1, -0.05) is 0 Å². The van der Waals surface area contributed by atoms with Crippen LogP contribution in [0.2, 0.25) is 0 Å². The molecular formula is C6H6O3. The van der Waals surface area contributed by atoms with Crippen LogP contribution in [0.5, 0.6) is 0 Å². The molecule has 0 amide bonds. The molecule has 0 aromatic rings. The molecule has 3 heteroatoms. The summed E-state index contributed by atoms with van der Waals surface area (Å²) in [6, 6.07) is 0. The van der Waals surface area contributed by atoms with Crippen LogP contribution in [0.25, 0.3) is 0 Å². The lowest BCUT2D eigenvalue weighted by Crippen LogP contribution is -2.23. The minimum absolute atomic E-state index is 0.0210. The standard InChI is InChI=1S/C6H6O3/c7-5-2-1-4-3-8-6(5)9-4/h1-2,4,6H,3H2/t4-,6?/m0/s1. The van der Waals surface area contributed by atoms with Gasteiger partial charge in [0.15, 0.2) is 0 Å². The van der Waals surface area contributed by atoms with Gasteiger partial charge in [0.25, 0.3) is 0 Å². The zero-order valence-electron chi connectivity index (χ0n) is 4.74. The lowest BCUT2D eigenvalue weighted by atomic mass is 10.2. The van der Waals surface area contributed by atoms with E-state index in [9.17, 15) is 4.79 Å². The largest absolute Gasteiger partial charge is 0.343 e. The van der Waals surface area contributed by atoms with Gasteiger partial charge in [-0.15, -0.1) is 0 Å². The Labute approximate surface area is 52.3 Å². The molecule has 0 spiro atoms. The van der Waals surface area contributed by atoms with Gasteiger partial charge in [-0.3, -0.25) is 4.79 Å². The molecule has 0 aromatic heterocycles. The van der Waals surface area contributed by atoms with Crippen LogP contribution in [0.1, 0.15) is 0 Å². The van der Waals surface area contributed by atoms with Crippen LogP contribution in [-0.4, -0.2) is 24.8 Å². The average molecular weight is 126 g/mol. The minimum atomic E-state index is -0.597. The first kappa shape index (κ1) is 5.14. The molecule has 0 saturated carbocycles. The normalized spacial score (nSPS) is 39.8. The van der Waals surface area contributed by atoms with E-state index in [1.807, 2.05) is 0 Å². The third-order valence-electron chi connectivity index (χ3n) is 1.42. The third kappa shape index (κ3) is 0.693. The number of ketones is 1. The Balaban J connectivity index is 2.29. The molecule has 2 aliphatic heterocycles. The molecule has 48 valence electrons. The van der Waals surface area contributed by atoms with Crippen LogP contribution in [0.15, 0.2) is 12.2 Å². The lowest BCUT2D eigenvalue weighted by Gasteiger charge is -2.09. The summed E-state index contributed by atoms with van der Waals surface area (Å²) in [4.78, 5) is 10.7. The molecule has 2 rings (SSSR count). The molecule has 2 bridgehead atoms. The number of hydrogen-bond acceptors (Lipinski definition) is 3. The Kier molecular flexibility index (Phi) is 0.944. The monoisotopic (exact) mass is 126 g/mol. The number of carbonyl (C=O) groups excluding carboxylic acids is 1. The van der Waals surface area contributed by atoms with Crippen LogP contribution in [0.3, 0.4) is 0 Å². The summed E-state index contributed by atoms with van der Waals surface area (Å²) < 4.78 is 10.0. The topological polar surface area (TPSA) is 35.5 Å². The van der Waals surface area contributed by atoms with Crippen LogP contribution in [-0.2, 0) is 14.3 Å². The summed E-state index contributed by atoms with van der Waals surface area (Å²) in [7, 11) is 0. The SMILES string of the molecule is O=C1C=C[C@H]2COC1O2. The van der Waals surface area contributed by atoms with Crippen molar-refractivity contribution < 1.29 is 14.3 Å². The zero-order chi connectivity index (χ0) is 6.27. The van der Waals surface area contributed by atoms with Crippen molar-refractivity contribution in [3.8, 4) is 0 Å². The van der Waals surface area contributed by atoms with Crippen molar-refractivity contribution >= 4 is 5.78 Å². The van der Waals surface area contributed by atoms with Crippen molar-refractivity contribution in [1.29, 1.82) is 0 Å². The average Bonchev–Trinajstić information content (AvgIpc) is 2.25. The first-order valence-corrected chi connectivity index (χ1v) is 2.85. The van der Waals surface area contributed by atoms with E-state index in [0.717, 1.165) is 0 Å². The van der Waals surface area contributed by atoms with Gasteiger partial charge in [0.2, 0.25) is 12.1 Å². The van der Waals surface area contributed by atoms with Crippen molar-refractivity contribution in [2.24, 2.45) is 0 Å². The number of carbonyl (C=O) groups is 1. The molecule has 2 aliphatic rings. The van der Waals surface area contributed by atoms with E-state index in [1.54, 1.807) is 6.08 Å². The van der Waals surface area contributed by atoms with Crippen LogP contribution < -0.4 is 0 Å². The second kappa shape index (κ2) is 1.65. The maximum atomic E-state index is 10.7. The van der Waals surface area contributed by atoms with Gasteiger partial charge < -0.3 is 9.47 Å². The summed E-state index contributed by atoms with van der Waals surface area (Å²) in [6.07, 6.45) is 2.67. The van der Waals surface area contributed by atoms with Crippen molar-refractivity contribution in [2.45, 2.75) is 12.4 Å². The van der Waals surface area contributed by atoms with E-state index in [0.29, 0.717) is 6.61 Å². The Morgan fingerprint density at radius 3 is 3.33 bits per heavy atom. The molecule has 0 aromatic carbocycles. The Morgan fingerprint density at radius 1 is 1.67 bits per heavy atom. The van der Waals surface area contributed by atoms with Gasteiger partial charge >= 0.3 is 0 Å². The van der Waals surface area contributed by atoms with Gasteiger partial charge in [0.1, 0.15) is 6.10 Å². The Bertz CT molecular complexity index is 173. The fourth-order valence-corrected chi connectivity index (χ4v) is 0.950. The van der Waals surface area contributed by atoms with E-state index < -0.39 is 6.29 Å². The predicted octanol–water partition coefficient (Wildman–Crippen LogP) is -0.133. The van der Waals surface area contributed by atoms with E-state index in [2.05, 4.69) is 0 Å². The first-order chi connectivity index (χ1) is 4.36. The van der Waals surface area contributed by atoms with E-state index in [-0.39, 0.29) is 11.9 Å². The molecule has 1 unspecified atom stereocenters. The fraction of sp³-hybridized carbons (Fsp3) is 0.500. The highest BCUT2D eigenvalue weighted by Crippen LogP contribution is 2.17. The number of hydrogen-bond donors (Lipinski definition) is 0. The Hall–Kier alpha value is -0.670. The molecule has 0 radical (unpaired) electrons. The molecule has 0 aliphatic carbocycles. The molecule has 1 saturated heterocycles. The highest BCUT2D eigenvalue weighted by Gasteiger charge is 2.32. The number of ether oxygens (including phenoxy) is 2. The molecular weight excluding hydrogens is 120 g/mol. The van der Waals surface area contributed by atoms with E-state index in [4.69, 9.17) is 9.47 Å². The van der Waals surface area contributed by atoms with Gasteiger partial charge in [0, 0.05) is 0 Å². The fourth-order valence-electron chi connectivity index (χ4n) is 0.950. The van der Waals surface area contributed by atoms with Gasteiger partial charge in [-0.05, 0) is 12.2 Å². The van der Waals surface area contributed by atoms with Crippen molar-refractivity contribution in [2.75, 3.05) is 6.61 Å². The van der Waals surface area contributed by atoms with Crippen molar-refractivity contribution in [1.82, 2.24) is 0 Å². The van der Waals surface area contributed by atoms with Crippen molar-refractivity contribution in [3.63, 3.8) is 0 Å². The lowest BCUT2D eigenvalue weighted by molar-refractivity contribution is -0.141. The summed E-state index contributed by atoms with van der Waals surface area (Å²) in [5, 5.41) is 0. The van der Waals surface area contributed by atoms with Gasteiger partial charge in [-0.25, -0.2) is 0 Å². The third-order valence-corrected chi connectivity index (χ3v) is 1.42. The minimum Gasteiger partial charge on any atom is -0.343 e. The summed E-state index contributed by atoms with van der Waals surface area (Å²) in [6.45, 7) is 0.521. The maximum Gasteiger partial charge on any atom is 0.222 e. The highest BCUT2D eigenvalue weighted by atomic mass is 16.7. The second-order valence-corrected chi connectivity index (χ2v) is 2.10. The van der Waals surface area contributed by atoms with Gasteiger partial charge in [0.05, 0.1) is 6.61 Å². The molecule has 2 atom stereocenters. The van der Waals surface area contributed by atoms with E-state index >= 15 is 0 Å². The number of rotatable bonds is 0. The van der Waals surface area contributed by atoms with Crippen LogP contribution in [0, 0.1) is 0 Å². The molecule has 3 nitrogen and oxygen atoms in total. The summed E-state index contributed by atoms with van der Waals surface area (Å²) in [5.74, 6) is -0.0799. The first-order valence-electron chi connectivity index (χ1n) is 2.85. The van der Waals surface area contributed by atoms with E-state index in [1.165, 1.54) is 6.08 Å². The predicted molar refractivity (Wildman–Crippen MR) is 28.8 cm³/mol. The Morgan fingerprint density at radius 2 is 2.56 bits per heavy atom. The van der Waals surface area contributed by atoms with Crippen LogP contribution in [0.4, 0.5) is 0 Å². The maximum absolute atomic E-state index is 10.7. The van der Waals surface area contributed by atoms with Crippen LogP contribution >= 0.6 is 0 Å².